The summed E-state index contributed by atoms with van der Waals surface area (Å²) in [5, 5.41) is 14.0. The average molecular weight is 359 g/mol. The Kier molecular flexibility index (Phi) is 4.47. The summed E-state index contributed by atoms with van der Waals surface area (Å²) in [5.74, 6) is 5.51. The molecule has 2 aromatic rings. The lowest BCUT2D eigenvalue weighted by atomic mass is 10.3. The largest absolute Gasteiger partial charge is 0.359 e. The number of anilines is 2. The lowest BCUT2D eigenvalue weighted by molar-refractivity contribution is -0.385. The Morgan fingerprint density at radius 3 is 2.80 bits per heavy atom. The summed E-state index contributed by atoms with van der Waals surface area (Å²) in [6.07, 6.45) is 0. The maximum Gasteiger partial charge on any atom is 0.332 e. The van der Waals surface area contributed by atoms with E-state index in [1.807, 2.05) is 12.1 Å². The van der Waals surface area contributed by atoms with E-state index in [0.29, 0.717) is 6.54 Å². The molecule has 2 heterocycles. The van der Waals surface area contributed by atoms with Crippen molar-refractivity contribution in [1.29, 1.82) is 0 Å². The fraction of sp³-hybridized carbons (Fsp3) is 0.200. The van der Waals surface area contributed by atoms with Gasteiger partial charge in [-0.2, -0.15) is 4.98 Å². The molecule has 0 saturated carbocycles. The molecular formula is C10H11BrN6O2S. The van der Waals surface area contributed by atoms with Gasteiger partial charge in [0.2, 0.25) is 11.8 Å². The summed E-state index contributed by atoms with van der Waals surface area (Å²) < 4.78 is 0.993. The van der Waals surface area contributed by atoms with Gasteiger partial charge in [-0.05, 0) is 35.0 Å². The van der Waals surface area contributed by atoms with Crippen LogP contribution >= 0.6 is 27.3 Å². The van der Waals surface area contributed by atoms with E-state index in [9.17, 15) is 10.1 Å². The van der Waals surface area contributed by atoms with E-state index in [2.05, 4.69) is 36.6 Å². The van der Waals surface area contributed by atoms with Crippen molar-refractivity contribution in [1.82, 2.24) is 9.97 Å². The van der Waals surface area contributed by atoms with Crippen LogP contribution in [0.3, 0.4) is 0 Å². The third kappa shape index (κ3) is 3.21. The normalized spacial score (nSPS) is 10.3. The second-order valence-corrected chi connectivity index (χ2v) is 6.34. The van der Waals surface area contributed by atoms with Crippen molar-refractivity contribution >= 4 is 44.7 Å². The average Bonchev–Trinajstić information content (AvgIpc) is 2.81. The first-order valence-corrected chi connectivity index (χ1v) is 7.10. The van der Waals surface area contributed by atoms with Gasteiger partial charge in [0, 0.05) is 4.88 Å². The van der Waals surface area contributed by atoms with Crippen LogP contribution < -0.4 is 16.6 Å². The number of nitrogens with one attached hydrogen (secondary N) is 2. The van der Waals surface area contributed by atoms with Crippen LogP contribution in [0, 0.1) is 17.0 Å². The van der Waals surface area contributed by atoms with E-state index in [4.69, 9.17) is 5.84 Å². The van der Waals surface area contributed by atoms with Crippen LogP contribution in [0.15, 0.2) is 15.9 Å². The third-order valence-electron chi connectivity index (χ3n) is 2.43. The van der Waals surface area contributed by atoms with Gasteiger partial charge >= 0.3 is 5.69 Å². The van der Waals surface area contributed by atoms with Crippen molar-refractivity contribution in [2.24, 2.45) is 5.84 Å². The number of nitro groups is 1. The molecule has 10 heteroatoms. The van der Waals surface area contributed by atoms with Crippen molar-refractivity contribution in [3.63, 3.8) is 0 Å². The van der Waals surface area contributed by atoms with E-state index in [1.165, 1.54) is 18.3 Å². The summed E-state index contributed by atoms with van der Waals surface area (Å²) in [6.45, 7) is 1.96. The molecule has 0 fully saturated rings. The minimum atomic E-state index is -0.512. The molecule has 4 N–H and O–H groups in total. The second kappa shape index (κ2) is 6.11. The molecule has 2 rings (SSSR count). The quantitative estimate of drug-likeness (QED) is 0.426. The van der Waals surface area contributed by atoms with Gasteiger partial charge in [0.05, 0.1) is 15.3 Å². The number of nitrogens with zero attached hydrogens (tertiary/aromatic N) is 3. The molecule has 0 aliphatic heterocycles. The van der Waals surface area contributed by atoms with E-state index in [0.717, 1.165) is 8.66 Å². The number of rotatable bonds is 5. The number of hydrazine groups is 1. The molecule has 0 spiro atoms. The molecule has 0 saturated heterocycles. The van der Waals surface area contributed by atoms with Crippen LogP contribution in [0.4, 0.5) is 17.5 Å². The Bertz CT molecular complexity index is 647. The van der Waals surface area contributed by atoms with Crippen LogP contribution in [-0.4, -0.2) is 14.9 Å². The summed E-state index contributed by atoms with van der Waals surface area (Å²) in [5.41, 5.74) is 2.38. The number of hydrogen-bond donors (Lipinski definition) is 3. The summed E-state index contributed by atoms with van der Waals surface area (Å²) in [7, 11) is 0. The van der Waals surface area contributed by atoms with Gasteiger partial charge in [-0.25, -0.2) is 10.8 Å². The SMILES string of the molecule is Cc1nc(NN)nc(NCc2ccc(Br)s2)c1[N+](=O)[O-]. The fourth-order valence-electron chi connectivity index (χ4n) is 1.59. The highest BCUT2D eigenvalue weighted by molar-refractivity contribution is 9.11. The minimum Gasteiger partial charge on any atom is -0.359 e. The van der Waals surface area contributed by atoms with Crippen molar-refractivity contribution in [3.05, 3.63) is 36.6 Å². The van der Waals surface area contributed by atoms with E-state index < -0.39 is 4.92 Å². The Labute approximate surface area is 126 Å². The van der Waals surface area contributed by atoms with Gasteiger partial charge in [0.15, 0.2) is 0 Å². The van der Waals surface area contributed by atoms with Crippen molar-refractivity contribution in [2.75, 3.05) is 10.7 Å². The lowest BCUT2D eigenvalue weighted by Crippen LogP contribution is -2.14. The number of nitrogen functional groups attached to an aromatic ring is 1. The van der Waals surface area contributed by atoms with Crippen molar-refractivity contribution in [3.8, 4) is 0 Å². The first-order valence-electron chi connectivity index (χ1n) is 5.49. The Hall–Kier alpha value is -1.78. The molecule has 0 aromatic carbocycles. The molecule has 8 nitrogen and oxygen atoms in total. The first kappa shape index (κ1) is 14.6. The van der Waals surface area contributed by atoms with Crippen LogP contribution in [0.5, 0.6) is 0 Å². The van der Waals surface area contributed by atoms with Crippen LogP contribution in [0.1, 0.15) is 10.6 Å². The lowest BCUT2D eigenvalue weighted by Gasteiger charge is -2.08. The summed E-state index contributed by atoms with van der Waals surface area (Å²) in [6, 6.07) is 3.83. The number of aryl methyl sites for hydroxylation is 1. The molecule has 20 heavy (non-hydrogen) atoms. The monoisotopic (exact) mass is 358 g/mol. The maximum absolute atomic E-state index is 11.1. The zero-order chi connectivity index (χ0) is 14.7. The molecular weight excluding hydrogens is 348 g/mol. The van der Waals surface area contributed by atoms with Gasteiger partial charge in [0.1, 0.15) is 5.69 Å². The summed E-state index contributed by atoms with van der Waals surface area (Å²) in [4.78, 5) is 19.5. The van der Waals surface area contributed by atoms with Crippen molar-refractivity contribution < 1.29 is 4.92 Å². The zero-order valence-electron chi connectivity index (χ0n) is 10.4. The number of aromatic nitrogens is 2. The number of thiophene rings is 1. The summed E-state index contributed by atoms with van der Waals surface area (Å²) >= 11 is 4.90. The predicted octanol–water partition coefficient (Wildman–Crippen LogP) is 2.41. The molecule has 0 amide bonds. The Balaban J connectivity index is 2.28. The van der Waals surface area contributed by atoms with Gasteiger partial charge in [0.25, 0.3) is 0 Å². The molecule has 2 aromatic heterocycles. The molecule has 0 unspecified atom stereocenters. The number of hydrogen-bond acceptors (Lipinski definition) is 8. The standard InChI is InChI=1S/C10H11BrN6O2S/c1-5-8(17(18)19)9(15-10(14-5)16-12)13-4-6-2-3-7(11)20-6/h2-3H,4,12H2,1H3,(H2,13,14,15,16). The Morgan fingerprint density at radius 2 is 2.25 bits per heavy atom. The minimum absolute atomic E-state index is 0.128. The number of nitrogens with two attached hydrogens (primary N) is 1. The topological polar surface area (TPSA) is 119 Å². The fourth-order valence-corrected chi connectivity index (χ4v) is 3.01. The zero-order valence-corrected chi connectivity index (χ0v) is 12.8. The highest BCUT2D eigenvalue weighted by atomic mass is 79.9. The highest BCUT2D eigenvalue weighted by Crippen LogP contribution is 2.28. The van der Waals surface area contributed by atoms with Crippen molar-refractivity contribution in [2.45, 2.75) is 13.5 Å². The third-order valence-corrected chi connectivity index (χ3v) is 4.05. The second-order valence-electron chi connectivity index (χ2n) is 3.79. The van der Waals surface area contributed by atoms with Gasteiger partial charge < -0.3 is 5.32 Å². The van der Waals surface area contributed by atoms with Gasteiger partial charge in [-0.1, -0.05) is 0 Å². The predicted molar refractivity (Wildman–Crippen MR) is 80.6 cm³/mol. The van der Waals surface area contributed by atoms with Crippen LogP contribution in [0.2, 0.25) is 0 Å². The highest BCUT2D eigenvalue weighted by Gasteiger charge is 2.21. The smallest absolute Gasteiger partial charge is 0.332 e. The van der Waals surface area contributed by atoms with Gasteiger partial charge in [-0.3, -0.25) is 15.5 Å². The van der Waals surface area contributed by atoms with Gasteiger partial charge in [-0.15, -0.1) is 11.3 Å². The maximum atomic E-state index is 11.1. The molecule has 0 atom stereocenters. The first-order chi connectivity index (χ1) is 9.51. The van der Waals surface area contributed by atoms with E-state index >= 15 is 0 Å². The molecule has 0 radical (unpaired) electrons. The number of halogens is 1. The molecule has 0 aliphatic rings. The molecule has 0 bridgehead atoms. The Morgan fingerprint density at radius 1 is 1.50 bits per heavy atom. The molecule has 0 aliphatic carbocycles. The van der Waals surface area contributed by atoms with Crippen LogP contribution in [0.25, 0.3) is 0 Å². The van der Waals surface area contributed by atoms with E-state index in [-0.39, 0.29) is 23.1 Å². The molecule has 106 valence electrons. The van der Waals surface area contributed by atoms with Crippen LogP contribution in [-0.2, 0) is 6.54 Å². The van der Waals surface area contributed by atoms with E-state index in [1.54, 1.807) is 0 Å².